The van der Waals surface area contributed by atoms with Gasteiger partial charge in [0, 0.05) is 17.2 Å². The number of carbonyl (C=O) groups is 1. The first-order valence-corrected chi connectivity index (χ1v) is 9.18. The number of para-hydroxylation sites is 1. The molecule has 0 radical (unpaired) electrons. The van der Waals surface area contributed by atoms with Crippen LogP contribution in [0.5, 0.6) is 0 Å². The molecule has 3 rings (SSSR count). The van der Waals surface area contributed by atoms with Gasteiger partial charge in [-0.25, -0.2) is 4.39 Å². The normalized spacial score (nSPS) is 10.5. The summed E-state index contributed by atoms with van der Waals surface area (Å²) in [5.74, 6) is -0.669. The number of rotatable bonds is 5. The van der Waals surface area contributed by atoms with Crippen LogP contribution in [-0.4, -0.2) is 16.7 Å². The molecule has 0 bridgehead atoms. The fraction of sp³-hybridized carbons (Fsp3) is 0.100. The summed E-state index contributed by atoms with van der Waals surface area (Å²) in [5.41, 5.74) is 1.47. The van der Waals surface area contributed by atoms with Gasteiger partial charge in [-0.05, 0) is 42.2 Å². The molecule has 1 heterocycles. The number of nitrogens with zero attached hydrogens (tertiary/aromatic N) is 1. The summed E-state index contributed by atoms with van der Waals surface area (Å²) < 4.78 is 14.7. The van der Waals surface area contributed by atoms with Gasteiger partial charge in [0.2, 0.25) is 0 Å². The molecule has 26 heavy (non-hydrogen) atoms. The molecule has 132 valence electrons. The number of carbonyl (C=O) groups excluding carboxylic acids is 1. The molecule has 1 amide bonds. The maximum Gasteiger partial charge on any atom is 0.257 e. The Balaban J connectivity index is 1.84. The van der Waals surface area contributed by atoms with Gasteiger partial charge in [0.25, 0.3) is 11.5 Å². The van der Waals surface area contributed by atoms with E-state index in [0.717, 1.165) is 4.90 Å². The summed E-state index contributed by atoms with van der Waals surface area (Å²) in [6.45, 7) is 0.194. The summed E-state index contributed by atoms with van der Waals surface area (Å²) in [7, 11) is 0. The average Bonchev–Trinajstić information content (AvgIpc) is 2.64. The van der Waals surface area contributed by atoms with Crippen LogP contribution >= 0.6 is 11.8 Å². The number of anilines is 1. The third kappa shape index (κ3) is 4.21. The Morgan fingerprint density at radius 2 is 1.92 bits per heavy atom. The van der Waals surface area contributed by atoms with Crippen molar-refractivity contribution in [2.24, 2.45) is 0 Å². The van der Waals surface area contributed by atoms with Crippen molar-refractivity contribution in [3.8, 4) is 0 Å². The average molecular weight is 368 g/mol. The Morgan fingerprint density at radius 1 is 1.12 bits per heavy atom. The molecular weight excluding hydrogens is 351 g/mol. The van der Waals surface area contributed by atoms with Crippen molar-refractivity contribution < 1.29 is 9.18 Å². The minimum absolute atomic E-state index is 0.194. The van der Waals surface area contributed by atoms with Crippen LogP contribution in [0, 0.1) is 5.82 Å². The highest BCUT2D eigenvalue weighted by Gasteiger charge is 2.10. The number of aromatic nitrogens is 1. The van der Waals surface area contributed by atoms with E-state index in [1.807, 2.05) is 30.5 Å². The second-order valence-electron chi connectivity index (χ2n) is 5.67. The van der Waals surface area contributed by atoms with Gasteiger partial charge in [-0.3, -0.25) is 9.59 Å². The minimum Gasteiger partial charge on any atom is -0.321 e. The number of pyridine rings is 1. The van der Waals surface area contributed by atoms with Gasteiger partial charge in [0.05, 0.1) is 17.8 Å². The van der Waals surface area contributed by atoms with E-state index in [1.165, 1.54) is 46.8 Å². The molecule has 0 aliphatic rings. The molecule has 0 fully saturated rings. The fourth-order valence-electron chi connectivity index (χ4n) is 2.56. The number of nitrogens with one attached hydrogen (secondary N) is 1. The molecule has 3 aromatic rings. The van der Waals surface area contributed by atoms with Crippen molar-refractivity contribution in [3.05, 3.63) is 94.2 Å². The summed E-state index contributed by atoms with van der Waals surface area (Å²) in [4.78, 5) is 25.6. The number of halogens is 1. The highest BCUT2D eigenvalue weighted by atomic mass is 32.2. The monoisotopic (exact) mass is 368 g/mol. The van der Waals surface area contributed by atoms with Gasteiger partial charge in [-0.15, -0.1) is 11.8 Å². The Labute approximate surface area is 154 Å². The zero-order valence-corrected chi connectivity index (χ0v) is 14.9. The van der Waals surface area contributed by atoms with Gasteiger partial charge >= 0.3 is 0 Å². The predicted octanol–water partition coefficient (Wildman–Crippen LogP) is 4.01. The number of benzene rings is 2. The number of thioether (sulfide) groups is 1. The smallest absolute Gasteiger partial charge is 0.257 e. The maximum atomic E-state index is 13.3. The Hall–Kier alpha value is -2.86. The summed E-state index contributed by atoms with van der Waals surface area (Å²) in [5, 5.41) is 2.86. The van der Waals surface area contributed by atoms with E-state index in [9.17, 15) is 14.0 Å². The lowest BCUT2D eigenvalue weighted by Gasteiger charge is -2.11. The van der Waals surface area contributed by atoms with Crippen molar-refractivity contribution in [1.29, 1.82) is 0 Å². The van der Waals surface area contributed by atoms with Crippen LogP contribution < -0.4 is 10.9 Å². The lowest BCUT2D eigenvalue weighted by atomic mass is 10.2. The Kier molecular flexibility index (Phi) is 5.53. The van der Waals surface area contributed by atoms with Crippen molar-refractivity contribution in [2.75, 3.05) is 11.6 Å². The highest BCUT2D eigenvalue weighted by Crippen LogP contribution is 2.25. The molecule has 1 N–H and O–H groups in total. The second-order valence-corrected chi connectivity index (χ2v) is 6.52. The van der Waals surface area contributed by atoms with E-state index in [2.05, 4.69) is 5.32 Å². The summed E-state index contributed by atoms with van der Waals surface area (Å²) >= 11 is 1.54. The molecule has 1 aromatic heterocycles. The second kappa shape index (κ2) is 8.01. The molecular formula is C20H17FN2O2S. The minimum atomic E-state index is -0.363. The van der Waals surface area contributed by atoms with Gasteiger partial charge in [0.1, 0.15) is 5.82 Å². The van der Waals surface area contributed by atoms with Crippen molar-refractivity contribution in [2.45, 2.75) is 11.4 Å². The molecule has 0 unspecified atom stereocenters. The van der Waals surface area contributed by atoms with Crippen LogP contribution in [-0.2, 0) is 6.54 Å². The maximum absolute atomic E-state index is 13.3. The third-order valence-corrected chi connectivity index (χ3v) is 4.64. The van der Waals surface area contributed by atoms with Crippen molar-refractivity contribution >= 4 is 23.4 Å². The van der Waals surface area contributed by atoms with Gasteiger partial charge < -0.3 is 9.88 Å². The molecule has 2 aromatic carbocycles. The molecule has 0 aliphatic heterocycles. The summed E-state index contributed by atoms with van der Waals surface area (Å²) in [6, 6.07) is 16.4. The van der Waals surface area contributed by atoms with Crippen LogP contribution in [0.25, 0.3) is 0 Å². The lowest BCUT2D eigenvalue weighted by molar-refractivity contribution is 0.102. The largest absolute Gasteiger partial charge is 0.321 e. The number of amides is 1. The van der Waals surface area contributed by atoms with Crippen LogP contribution in [0.3, 0.4) is 0 Å². The highest BCUT2D eigenvalue weighted by molar-refractivity contribution is 7.98. The van der Waals surface area contributed by atoms with Gasteiger partial charge in [-0.1, -0.05) is 24.3 Å². The first kappa shape index (κ1) is 17.9. The SMILES string of the molecule is CSc1ccccc1NC(=O)c1ccc(=O)n(Cc2cccc(F)c2)c1. The molecule has 6 heteroatoms. The molecule has 0 atom stereocenters. The standard InChI is InChI=1S/C20H17FN2O2S/c1-26-18-8-3-2-7-17(18)22-20(25)15-9-10-19(24)23(13-15)12-14-5-4-6-16(21)11-14/h2-11,13H,12H2,1H3,(H,22,25). The van der Waals surface area contributed by atoms with Crippen LogP contribution in [0.2, 0.25) is 0 Å². The van der Waals surface area contributed by atoms with E-state index in [0.29, 0.717) is 16.8 Å². The topological polar surface area (TPSA) is 51.1 Å². The zero-order chi connectivity index (χ0) is 18.5. The third-order valence-electron chi connectivity index (χ3n) is 3.84. The first-order chi connectivity index (χ1) is 12.6. The lowest BCUT2D eigenvalue weighted by Crippen LogP contribution is -2.22. The van der Waals surface area contributed by atoms with E-state index < -0.39 is 0 Å². The van der Waals surface area contributed by atoms with Crippen molar-refractivity contribution in [3.63, 3.8) is 0 Å². The quantitative estimate of drug-likeness (QED) is 0.693. The molecule has 0 aliphatic carbocycles. The van der Waals surface area contributed by atoms with Crippen LogP contribution in [0.15, 0.2) is 76.6 Å². The van der Waals surface area contributed by atoms with E-state index in [4.69, 9.17) is 0 Å². The van der Waals surface area contributed by atoms with Crippen molar-refractivity contribution in [1.82, 2.24) is 4.57 Å². The predicted molar refractivity (Wildman–Crippen MR) is 102 cm³/mol. The first-order valence-electron chi connectivity index (χ1n) is 7.96. The Morgan fingerprint density at radius 3 is 2.69 bits per heavy atom. The Bertz CT molecular complexity index is 1000. The number of hydrogen-bond donors (Lipinski definition) is 1. The van der Waals surface area contributed by atoms with E-state index in [-0.39, 0.29) is 23.8 Å². The van der Waals surface area contributed by atoms with Gasteiger partial charge in [-0.2, -0.15) is 0 Å². The molecule has 0 saturated heterocycles. The van der Waals surface area contributed by atoms with E-state index >= 15 is 0 Å². The molecule has 0 spiro atoms. The zero-order valence-electron chi connectivity index (χ0n) is 14.1. The fourth-order valence-corrected chi connectivity index (χ4v) is 3.12. The molecule has 0 saturated carbocycles. The van der Waals surface area contributed by atoms with Crippen LogP contribution in [0.1, 0.15) is 15.9 Å². The molecule has 4 nitrogen and oxygen atoms in total. The van der Waals surface area contributed by atoms with Gasteiger partial charge in [0.15, 0.2) is 0 Å². The summed E-state index contributed by atoms with van der Waals surface area (Å²) in [6.07, 6.45) is 3.43. The number of hydrogen-bond acceptors (Lipinski definition) is 3. The van der Waals surface area contributed by atoms with E-state index in [1.54, 1.807) is 12.1 Å². The van der Waals surface area contributed by atoms with Crippen LogP contribution in [0.4, 0.5) is 10.1 Å².